The summed E-state index contributed by atoms with van der Waals surface area (Å²) in [7, 11) is 0. The summed E-state index contributed by atoms with van der Waals surface area (Å²) in [4.78, 5) is 11.3. The van der Waals surface area contributed by atoms with Gasteiger partial charge >= 0.3 is 0 Å². The van der Waals surface area contributed by atoms with Gasteiger partial charge in [0.2, 0.25) is 0 Å². The minimum absolute atomic E-state index is 0.496. The van der Waals surface area contributed by atoms with Crippen LogP contribution in [0.2, 0.25) is 0 Å². The lowest BCUT2D eigenvalue weighted by atomic mass is 9.84. The molecule has 0 aromatic rings. The first-order valence-electron chi connectivity index (χ1n) is 11.5. The van der Waals surface area contributed by atoms with Crippen LogP contribution in [-0.4, -0.2) is 11.8 Å². The number of unbranched alkanes of at least 4 members (excludes halogenated alkanes) is 12. The average molecular weight is 370 g/mol. The highest BCUT2D eigenvalue weighted by Gasteiger charge is 2.27. The molecule has 0 amide bonds. The Labute approximate surface area is 163 Å². The fourth-order valence-corrected chi connectivity index (χ4v) is 3.86. The van der Waals surface area contributed by atoms with E-state index in [4.69, 9.17) is 4.74 Å². The molecule has 0 rings (SSSR count). The number of carboxylic acid groups (broad SMARTS) is 1. The minimum atomic E-state index is -1.33. The lowest BCUT2D eigenvalue weighted by Crippen LogP contribution is -2.40. The molecule has 0 spiro atoms. The SMILES string of the molecule is CCCCCCCCCC(CCCCCC)(CCCCCC)OC(=O)[O-]. The van der Waals surface area contributed by atoms with Gasteiger partial charge in [0, 0.05) is 0 Å². The van der Waals surface area contributed by atoms with Crippen molar-refractivity contribution in [2.24, 2.45) is 0 Å². The van der Waals surface area contributed by atoms with Crippen LogP contribution in [0.5, 0.6) is 0 Å². The molecular weight excluding hydrogens is 324 g/mol. The maximum absolute atomic E-state index is 11.3. The first-order valence-corrected chi connectivity index (χ1v) is 11.5. The van der Waals surface area contributed by atoms with E-state index in [0.29, 0.717) is 0 Å². The van der Waals surface area contributed by atoms with Crippen molar-refractivity contribution in [2.45, 2.75) is 142 Å². The Kier molecular flexibility index (Phi) is 17.2. The topological polar surface area (TPSA) is 49.4 Å². The Morgan fingerprint density at radius 3 is 1.27 bits per heavy atom. The Balaban J connectivity index is 4.52. The number of ether oxygens (including phenoxy) is 1. The van der Waals surface area contributed by atoms with Gasteiger partial charge < -0.3 is 14.6 Å². The molecule has 0 aliphatic heterocycles. The average Bonchev–Trinajstić information content (AvgIpc) is 2.61. The molecule has 0 bridgehead atoms. The highest BCUT2D eigenvalue weighted by molar-refractivity contribution is 5.54. The molecule has 0 radical (unpaired) electrons. The van der Waals surface area contributed by atoms with Crippen molar-refractivity contribution in [2.75, 3.05) is 0 Å². The number of carbonyl (C=O) groups is 1. The summed E-state index contributed by atoms with van der Waals surface area (Å²) in [5.41, 5.74) is -0.496. The molecule has 0 saturated carbocycles. The summed E-state index contributed by atoms with van der Waals surface area (Å²) in [6.45, 7) is 6.64. The standard InChI is InChI=1S/C23H46O3/c1-4-7-10-13-14-15-18-21-23(26-22(24)25,19-16-11-8-5-2)20-17-12-9-6-3/h4-21H2,1-3H3,(H,24,25)/p-1. The van der Waals surface area contributed by atoms with Crippen molar-refractivity contribution < 1.29 is 14.6 Å². The molecule has 0 saturated heterocycles. The molecule has 3 heteroatoms. The van der Waals surface area contributed by atoms with Crippen LogP contribution >= 0.6 is 0 Å². The lowest BCUT2D eigenvalue weighted by molar-refractivity contribution is -0.297. The molecule has 0 unspecified atom stereocenters. The van der Waals surface area contributed by atoms with Crippen LogP contribution in [0.1, 0.15) is 136 Å². The van der Waals surface area contributed by atoms with Crippen LogP contribution in [0.25, 0.3) is 0 Å². The van der Waals surface area contributed by atoms with Crippen molar-refractivity contribution in [1.29, 1.82) is 0 Å². The lowest BCUT2D eigenvalue weighted by Gasteiger charge is -2.39. The maximum atomic E-state index is 11.3. The molecular formula is C23H45O3-. The van der Waals surface area contributed by atoms with Gasteiger partial charge in [0.1, 0.15) is 0 Å². The second-order valence-corrected chi connectivity index (χ2v) is 8.03. The van der Waals surface area contributed by atoms with Crippen molar-refractivity contribution in [1.82, 2.24) is 0 Å². The zero-order chi connectivity index (χ0) is 19.5. The van der Waals surface area contributed by atoms with E-state index in [1.54, 1.807) is 0 Å². The first-order chi connectivity index (χ1) is 12.6. The van der Waals surface area contributed by atoms with Gasteiger partial charge in [-0.3, -0.25) is 0 Å². The second-order valence-electron chi connectivity index (χ2n) is 8.03. The van der Waals surface area contributed by atoms with Gasteiger partial charge in [0.05, 0.1) is 5.60 Å². The van der Waals surface area contributed by atoms with Gasteiger partial charge in [-0.25, -0.2) is 0 Å². The van der Waals surface area contributed by atoms with Gasteiger partial charge in [0.15, 0.2) is 0 Å². The summed E-state index contributed by atoms with van der Waals surface area (Å²) in [6, 6.07) is 0. The molecule has 0 atom stereocenters. The molecule has 26 heavy (non-hydrogen) atoms. The van der Waals surface area contributed by atoms with Crippen LogP contribution in [0, 0.1) is 0 Å². The van der Waals surface area contributed by atoms with Crippen molar-refractivity contribution in [3.63, 3.8) is 0 Å². The third-order valence-corrected chi connectivity index (χ3v) is 5.51. The van der Waals surface area contributed by atoms with E-state index in [-0.39, 0.29) is 0 Å². The highest BCUT2D eigenvalue weighted by atomic mass is 16.7. The number of hydrogen-bond acceptors (Lipinski definition) is 3. The normalized spacial score (nSPS) is 11.7. The number of rotatable bonds is 19. The number of carbonyl (C=O) groups excluding carboxylic acids is 1. The summed E-state index contributed by atoms with van der Waals surface area (Å²) < 4.78 is 5.45. The van der Waals surface area contributed by atoms with E-state index in [1.807, 2.05) is 0 Å². The van der Waals surface area contributed by atoms with Crippen LogP contribution in [0.15, 0.2) is 0 Å². The van der Waals surface area contributed by atoms with Gasteiger partial charge in [0.25, 0.3) is 6.16 Å². The summed E-state index contributed by atoms with van der Waals surface area (Å²) >= 11 is 0. The molecule has 0 fully saturated rings. The van der Waals surface area contributed by atoms with Crippen molar-refractivity contribution in [3.05, 3.63) is 0 Å². The Morgan fingerprint density at radius 1 is 0.615 bits per heavy atom. The Hall–Kier alpha value is -0.730. The van der Waals surface area contributed by atoms with Gasteiger partial charge in [-0.15, -0.1) is 0 Å². The molecule has 0 aliphatic rings. The predicted molar refractivity (Wildman–Crippen MR) is 109 cm³/mol. The van der Waals surface area contributed by atoms with Gasteiger partial charge in [-0.05, 0) is 19.3 Å². The van der Waals surface area contributed by atoms with Crippen LogP contribution in [-0.2, 0) is 4.74 Å². The van der Waals surface area contributed by atoms with E-state index in [0.717, 1.165) is 38.5 Å². The van der Waals surface area contributed by atoms with E-state index in [1.165, 1.54) is 77.0 Å². The highest BCUT2D eigenvalue weighted by Crippen LogP contribution is 2.32. The number of hydrogen-bond donors (Lipinski definition) is 0. The summed E-state index contributed by atoms with van der Waals surface area (Å²) in [6.07, 6.45) is 19.3. The van der Waals surface area contributed by atoms with E-state index in [9.17, 15) is 9.90 Å². The Bertz CT molecular complexity index is 303. The molecule has 0 aliphatic carbocycles. The van der Waals surface area contributed by atoms with E-state index in [2.05, 4.69) is 20.8 Å². The Morgan fingerprint density at radius 2 is 0.923 bits per heavy atom. The first kappa shape index (κ1) is 25.3. The zero-order valence-corrected chi connectivity index (χ0v) is 18.0. The third kappa shape index (κ3) is 14.4. The molecule has 0 aromatic heterocycles. The van der Waals surface area contributed by atoms with Crippen molar-refractivity contribution in [3.8, 4) is 0 Å². The van der Waals surface area contributed by atoms with Crippen molar-refractivity contribution >= 4 is 6.16 Å². The fraction of sp³-hybridized carbons (Fsp3) is 0.957. The zero-order valence-electron chi connectivity index (χ0n) is 18.0. The predicted octanol–water partition coefficient (Wildman–Crippen LogP) is 7.17. The third-order valence-electron chi connectivity index (χ3n) is 5.51. The fourth-order valence-electron chi connectivity index (χ4n) is 3.86. The van der Waals surface area contributed by atoms with Crippen LogP contribution < -0.4 is 5.11 Å². The van der Waals surface area contributed by atoms with E-state index >= 15 is 0 Å². The summed E-state index contributed by atoms with van der Waals surface area (Å²) in [5, 5.41) is 11.3. The van der Waals surface area contributed by atoms with Crippen LogP contribution in [0.3, 0.4) is 0 Å². The van der Waals surface area contributed by atoms with Gasteiger partial charge in [-0.2, -0.15) is 0 Å². The monoisotopic (exact) mass is 369 g/mol. The molecule has 0 heterocycles. The second kappa shape index (κ2) is 17.7. The van der Waals surface area contributed by atoms with E-state index < -0.39 is 11.8 Å². The smallest absolute Gasteiger partial charge is 0.252 e. The van der Waals surface area contributed by atoms with Crippen LogP contribution in [0.4, 0.5) is 4.79 Å². The van der Waals surface area contributed by atoms with Gasteiger partial charge in [-0.1, -0.05) is 117 Å². The molecule has 0 N–H and O–H groups in total. The molecule has 0 aromatic carbocycles. The quantitative estimate of drug-likeness (QED) is 0.179. The molecule has 156 valence electrons. The minimum Gasteiger partial charge on any atom is -0.543 e. The maximum Gasteiger partial charge on any atom is 0.252 e. The largest absolute Gasteiger partial charge is 0.543 e. The summed E-state index contributed by atoms with van der Waals surface area (Å²) in [5.74, 6) is 0. The molecule has 3 nitrogen and oxygen atoms in total.